The molecule has 1 saturated carbocycles. The summed E-state index contributed by atoms with van der Waals surface area (Å²) in [5, 5.41) is 8.91. The zero-order valence-corrected chi connectivity index (χ0v) is 7.47. The predicted octanol–water partition coefficient (Wildman–Crippen LogP) is 2.69. The van der Waals surface area contributed by atoms with E-state index in [-0.39, 0.29) is 5.82 Å². The molecular weight excluding hydrogens is 165 g/mol. The fourth-order valence-corrected chi connectivity index (χ4v) is 1.57. The minimum absolute atomic E-state index is 0.246. The van der Waals surface area contributed by atoms with E-state index in [1.165, 1.54) is 6.07 Å². The van der Waals surface area contributed by atoms with Gasteiger partial charge in [0, 0.05) is 5.56 Å². The van der Waals surface area contributed by atoms with Crippen LogP contribution < -0.4 is 0 Å². The first-order chi connectivity index (χ1) is 6.18. The van der Waals surface area contributed by atoms with Gasteiger partial charge in [-0.25, -0.2) is 4.39 Å². The summed E-state index contributed by atoms with van der Waals surface area (Å²) in [6.07, 6.45) is 1.59. The summed E-state index contributed by atoms with van der Waals surface area (Å²) in [6, 6.07) is 7.16. The lowest BCUT2D eigenvalue weighted by Gasteiger charge is -2.07. The van der Waals surface area contributed by atoms with E-state index >= 15 is 0 Å². The van der Waals surface area contributed by atoms with Gasteiger partial charge in [0.2, 0.25) is 0 Å². The number of nitrogens with zero attached hydrogens (tertiary/aromatic N) is 1. The molecule has 0 aromatic heterocycles. The Morgan fingerprint density at radius 3 is 2.69 bits per heavy atom. The molecule has 0 unspecified atom stereocenters. The molecule has 2 heteroatoms. The summed E-state index contributed by atoms with van der Waals surface area (Å²) in [5.41, 5.74) is 1.09. The van der Waals surface area contributed by atoms with Crippen molar-refractivity contribution in [2.45, 2.75) is 25.2 Å². The highest BCUT2D eigenvalue weighted by atomic mass is 19.1. The van der Waals surface area contributed by atoms with Crippen molar-refractivity contribution in [2.24, 2.45) is 0 Å². The second kappa shape index (κ2) is 2.56. The van der Waals surface area contributed by atoms with Gasteiger partial charge in [-0.3, -0.25) is 0 Å². The summed E-state index contributed by atoms with van der Waals surface area (Å²) >= 11 is 0. The smallest absolute Gasteiger partial charge is 0.128 e. The third-order valence-corrected chi connectivity index (χ3v) is 2.60. The van der Waals surface area contributed by atoms with Gasteiger partial charge in [-0.1, -0.05) is 17.7 Å². The molecule has 2 rings (SSSR count). The summed E-state index contributed by atoms with van der Waals surface area (Å²) in [4.78, 5) is 0. The molecule has 0 heterocycles. The number of rotatable bonds is 1. The number of hydrogen-bond acceptors (Lipinski definition) is 1. The SMILES string of the molecule is Cc1ccc(F)c(C2(C#N)CC2)c1. The lowest BCUT2D eigenvalue weighted by atomic mass is 9.95. The Morgan fingerprint density at radius 2 is 2.15 bits per heavy atom. The Kier molecular flexibility index (Phi) is 1.63. The molecule has 1 fully saturated rings. The van der Waals surface area contributed by atoms with Crippen LogP contribution in [0.15, 0.2) is 18.2 Å². The molecule has 0 saturated heterocycles. The second-order valence-electron chi connectivity index (χ2n) is 3.68. The second-order valence-corrected chi connectivity index (χ2v) is 3.68. The minimum Gasteiger partial charge on any atom is -0.207 e. The minimum atomic E-state index is -0.504. The summed E-state index contributed by atoms with van der Waals surface area (Å²) in [6.45, 7) is 1.91. The first kappa shape index (κ1) is 8.25. The zero-order chi connectivity index (χ0) is 9.47. The van der Waals surface area contributed by atoms with Crippen molar-refractivity contribution in [3.05, 3.63) is 35.1 Å². The predicted molar refractivity (Wildman–Crippen MR) is 47.7 cm³/mol. The topological polar surface area (TPSA) is 23.8 Å². The van der Waals surface area contributed by atoms with Gasteiger partial charge >= 0.3 is 0 Å². The Bertz CT molecular complexity index is 386. The normalized spacial score (nSPS) is 17.9. The van der Waals surface area contributed by atoms with E-state index in [0.29, 0.717) is 5.56 Å². The average Bonchev–Trinajstić information content (AvgIpc) is 2.90. The molecule has 0 N–H and O–H groups in total. The van der Waals surface area contributed by atoms with E-state index in [0.717, 1.165) is 18.4 Å². The van der Waals surface area contributed by atoms with Gasteiger partial charge in [-0.15, -0.1) is 0 Å². The van der Waals surface area contributed by atoms with Crippen LogP contribution in [0.4, 0.5) is 4.39 Å². The van der Waals surface area contributed by atoms with Crippen molar-refractivity contribution in [3.63, 3.8) is 0 Å². The Morgan fingerprint density at radius 1 is 1.46 bits per heavy atom. The first-order valence-corrected chi connectivity index (χ1v) is 4.36. The van der Waals surface area contributed by atoms with E-state index in [1.807, 2.05) is 6.92 Å². The van der Waals surface area contributed by atoms with Crippen LogP contribution in [0, 0.1) is 24.1 Å². The summed E-state index contributed by atoms with van der Waals surface area (Å²) < 4.78 is 13.3. The van der Waals surface area contributed by atoms with Gasteiger partial charge in [-0.2, -0.15) is 5.26 Å². The van der Waals surface area contributed by atoms with Crippen LogP contribution in [0.3, 0.4) is 0 Å². The van der Waals surface area contributed by atoms with E-state index in [4.69, 9.17) is 5.26 Å². The van der Waals surface area contributed by atoms with Crippen molar-refractivity contribution >= 4 is 0 Å². The fraction of sp³-hybridized carbons (Fsp3) is 0.364. The molecule has 0 radical (unpaired) electrons. The molecule has 1 aliphatic rings. The van der Waals surface area contributed by atoms with Crippen molar-refractivity contribution in [1.29, 1.82) is 5.26 Å². The quantitative estimate of drug-likeness (QED) is 0.643. The molecule has 0 spiro atoms. The highest BCUT2D eigenvalue weighted by molar-refractivity contribution is 5.41. The third kappa shape index (κ3) is 1.21. The molecule has 0 aliphatic heterocycles. The maximum absolute atomic E-state index is 13.3. The molecule has 0 bridgehead atoms. The zero-order valence-electron chi connectivity index (χ0n) is 7.47. The number of halogens is 1. The monoisotopic (exact) mass is 175 g/mol. The first-order valence-electron chi connectivity index (χ1n) is 4.36. The highest BCUT2D eigenvalue weighted by Crippen LogP contribution is 2.48. The fourth-order valence-electron chi connectivity index (χ4n) is 1.57. The van der Waals surface area contributed by atoms with Crippen molar-refractivity contribution in [2.75, 3.05) is 0 Å². The van der Waals surface area contributed by atoms with E-state index in [1.54, 1.807) is 12.1 Å². The van der Waals surface area contributed by atoms with Crippen LogP contribution in [0.25, 0.3) is 0 Å². The van der Waals surface area contributed by atoms with Crippen molar-refractivity contribution < 1.29 is 4.39 Å². The molecule has 1 aliphatic carbocycles. The Hall–Kier alpha value is -1.36. The Labute approximate surface area is 76.8 Å². The van der Waals surface area contributed by atoms with Crippen LogP contribution in [0.2, 0.25) is 0 Å². The van der Waals surface area contributed by atoms with E-state index < -0.39 is 5.41 Å². The lowest BCUT2D eigenvalue weighted by Crippen LogP contribution is -2.05. The van der Waals surface area contributed by atoms with Gasteiger partial charge in [0.1, 0.15) is 5.82 Å². The van der Waals surface area contributed by atoms with Gasteiger partial charge in [0.05, 0.1) is 11.5 Å². The molecule has 1 nitrogen and oxygen atoms in total. The van der Waals surface area contributed by atoms with Crippen molar-refractivity contribution in [3.8, 4) is 6.07 Å². The van der Waals surface area contributed by atoms with Crippen LogP contribution in [0.1, 0.15) is 24.0 Å². The maximum atomic E-state index is 13.3. The molecular formula is C11H10FN. The number of nitriles is 1. The molecule has 66 valence electrons. The molecule has 0 atom stereocenters. The van der Waals surface area contributed by atoms with E-state index in [2.05, 4.69) is 6.07 Å². The van der Waals surface area contributed by atoms with Gasteiger partial charge in [-0.05, 0) is 25.8 Å². The van der Waals surface area contributed by atoms with Crippen LogP contribution in [0.5, 0.6) is 0 Å². The number of aryl methyl sites for hydroxylation is 1. The van der Waals surface area contributed by atoms with Crippen LogP contribution in [-0.4, -0.2) is 0 Å². The summed E-state index contributed by atoms with van der Waals surface area (Å²) in [7, 11) is 0. The highest BCUT2D eigenvalue weighted by Gasteiger charge is 2.46. The maximum Gasteiger partial charge on any atom is 0.128 e. The van der Waals surface area contributed by atoms with Crippen molar-refractivity contribution in [1.82, 2.24) is 0 Å². The standard InChI is InChI=1S/C11H10FN/c1-8-2-3-10(12)9(6-8)11(7-13)4-5-11/h2-3,6H,4-5H2,1H3. The summed E-state index contributed by atoms with van der Waals surface area (Å²) in [5.74, 6) is -0.246. The molecule has 1 aromatic carbocycles. The largest absolute Gasteiger partial charge is 0.207 e. The number of benzene rings is 1. The molecule has 0 amide bonds. The van der Waals surface area contributed by atoms with Gasteiger partial charge in [0.25, 0.3) is 0 Å². The van der Waals surface area contributed by atoms with Crippen LogP contribution in [-0.2, 0) is 5.41 Å². The van der Waals surface area contributed by atoms with Gasteiger partial charge < -0.3 is 0 Å². The molecule has 1 aromatic rings. The number of hydrogen-bond donors (Lipinski definition) is 0. The van der Waals surface area contributed by atoms with Crippen LogP contribution >= 0.6 is 0 Å². The Balaban J connectivity index is 2.52. The van der Waals surface area contributed by atoms with Gasteiger partial charge in [0.15, 0.2) is 0 Å². The third-order valence-electron chi connectivity index (χ3n) is 2.60. The van der Waals surface area contributed by atoms with E-state index in [9.17, 15) is 4.39 Å². The molecule has 13 heavy (non-hydrogen) atoms. The lowest BCUT2D eigenvalue weighted by molar-refractivity contribution is 0.599. The average molecular weight is 175 g/mol.